The molecule has 1 unspecified atom stereocenters. The lowest BCUT2D eigenvalue weighted by molar-refractivity contribution is -0.127. The van der Waals surface area contributed by atoms with E-state index in [1.54, 1.807) is 46.1 Å². The van der Waals surface area contributed by atoms with Crippen molar-refractivity contribution >= 4 is 17.6 Å². The summed E-state index contributed by atoms with van der Waals surface area (Å²) >= 11 is 0. The van der Waals surface area contributed by atoms with Gasteiger partial charge in [-0.1, -0.05) is 6.07 Å². The van der Waals surface area contributed by atoms with E-state index in [0.717, 1.165) is 0 Å². The van der Waals surface area contributed by atoms with Gasteiger partial charge in [-0.2, -0.15) is 0 Å². The van der Waals surface area contributed by atoms with E-state index in [0.29, 0.717) is 30.3 Å². The van der Waals surface area contributed by atoms with E-state index in [-0.39, 0.29) is 37.3 Å². The highest BCUT2D eigenvalue weighted by Crippen LogP contribution is 2.13. The summed E-state index contributed by atoms with van der Waals surface area (Å²) < 4.78 is 20.3. The third kappa shape index (κ3) is 4.80. The molecule has 2 aromatic heterocycles. The predicted molar refractivity (Wildman–Crippen MR) is 110 cm³/mol. The molecule has 1 aliphatic heterocycles. The zero-order chi connectivity index (χ0) is 21.8. The third-order valence-corrected chi connectivity index (χ3v) is 5.16. The van der Waals surface area contributed by atoms with Crippen LogP contribution in [0.15, 0.2) is 48.9 Å². The van der Waals surface area contributed by atoms with Gasteiger partial charge in [0.15, 0.2) is 0 Å². The van der Waals surface area contributed by atoms with Crippen LogP contribution in [0.4, 0.5) is 4.39 Å². The molecular formula is C21H23FN6O3. The zero-order valence-electron chi connectivity index (χ0n) is 17.1. The van der Waals surface area contributed by atoms with Gasteiger partial charge in [-0.15, -0.1) is 0 Å². The van der Waals surface area contributed by atoms with Crippen molar-refractivity contribution in [2.24, 2.45) is 0 Å². The average molecular weight is 426 g/mol. The Morgan fingerprint density at radius 1 is 1.29 bits per heavy atom. The second kappa shape index (κ2) is 9.09. The number of fused-ring (bicyclic) bond motifs is 1. The summed E-state index contributed by atoms with van der Waals surface area (Å²) in [5.41, 5.74) is 0.297. The Morgan fingerprint density at radius 2 is 2.16 bits per heavy atom. The molecule has 1 aliphatic rings. The molecule has 0 bridgehead atoms. The highest BCUT2D eigenvalue weighted by atomic mass is 19.1. The molecule has 1 N–H and O–H groups in total. The number of nitrogens with zero attached hydrogens (tertiary/aromatic N) is 5. The molecule has 0 saturated carbocycles. The maximum absolute atomic E-state index is 13.2. The molecule has 1 saturated heterocycles. The number of rotatable bonds is 6. The third-order valence-electron chi connectivity index (χ3n) is 5.16. The Bertz CT molecular complexity index is 1050. The second-order valence-corrected chi connectivity index (χ2v) is 7.30. The molecular weight excluding hydrogens is 403 g/mol. The number of halogens is 1. The largest absolute Gasteiger partial charge is 0.492 e. The van der Waals surface area contributed by atoms with Gasteiger partial charge in [-0.05, 0) is 25.2 Å². The molecule has 0 radical (unpaired) electrons. The van der Waals surface area contributed by atoms with Crippen LogP contribution in [0, 0.1) is 5.82 Å². The monoisotopic (exact) mass is 426 g/mol. The summed E-state index contributed by atoms with van der Waals surface area (Å²) in [6.45, 7) is 1.81. The van der Waals surface area contributed by atoms with Crippen molar-refractivity contribution in [3.63, 3.8) is 0 Å². The predicted octanol–water partition coefficient (Wildman–Crippen LogP) is 0.820. The quantitative estimate of drug-likeness (QED) is 0.587. The first-order valence-corrected chi connectivity index (χ1v) is 9.96. The molecule has 3 heterocycles. The number of amides is 2. The lowest BCUT2D eigenvalue weighted by Crippen LogP contribution is -2.59. The maximum atomic E-state index is 13.2. The molecule has 1 atom stereocenters. The van der Waals surface area contributed by atoms with Crippen LogP contribution in [0.25, 0.3) is 5.78 Å². The van der Waals surface area contributed by atoms with E-state index < -0.39 is 6.04 Å². The smallest absolute Gasteiger partial charge is 0.274 e. The van der Waals surface area contributed by atoms with E-state index in [1.807, 2.05) is 11.9 Å². The molecule has 1 aromatic carbocycles. The molecule has 31 heavy (non-hydrogen) atoms. The molecule has 4 rings (SSSR count). The van der Waals surface area contributed by atoms with Gasteiger partial charge in [-0.3, -0.25) is 18.9 Å². The van der Waals surface area contributed by atoms with E-state index in [9.17, 15) is 14.0 Å². The van der Waals surface area contributed by atoms with Gasteiger partial charge in [-0.25, -0.2) is 14.4 Å². The van der Waals surface area contributed by atoms with Crippen LogP contribution in [0.2, 0.25) is 0 Å². The molecule has 3 aromatic rings. The number of hydrogen-bond acceptors (Lipinski definition) is 6. The Balaban J connectivity index is 1.32. The topological polar surface area (TPSA) is 92.1 Å². The van der Waals surface area contributed by atoms with Crippen LogP contribution in [0.1, 0.15) is 10.5 Å². The van der Waals surface area contributed by atoms with E-state index in [4.69, 9.17) is 4.74 Å². The standard InChI is InChI=1S/C21H23FN6O3/c1-26-9-10-27(20(30)17-13-28-8-3-6-24-21(28)25-17)14-18(26)19(29)23-7-11-31-16-5-2-4-15(22)12-16/h2-6,8,12-13,18H,7,9-11,14H2,1H3,(H,23,29). The van der Waals surface area contributed by atoms with Gasteiger partial charge in [0.1, 0.15) is 29.9 Å². The molecule has 1 fully saturated rings. The summed E-state index contributed by atoms with van der Waals surface area (Å²) in [5, 5.41) is 2.82. The molecule has 0 spiro atoms. The first-order chi connectivity index (χ1) is 15.0. The zero-order valence-corrected chi connectivity index (χ0v) is 17.1. The molecule has 2 amide bonds. The van der Waals surface area contributed by atoms with Gasteiger partial charge in [0.05, 0.1) is 6.54 Å². The molecule has 0 aliphatic carbocycles. The molecule has 10 heteroatoms. The second-order valence-electron chi connectivity index (χ2n) is 7.30. The van der Waals surface area contributed by atoms with Crippen molar-refractivity contribution in [3.8, 4) is 5.75 Å². The van der Waals surface area contributed by atoms with Crippen molar-refractivity contribution in [3.05, 3.63) is 60.4 Å². The lowest BCUT2D eigenvalue weighted by Gasteiger charge is -2.38. The van der Waals surface area contributed by atoms with Crippen molar-refractivity contribution in [1.29, 1.82) is 0 Å². The van der Waals surface area contributed by atoms with E-state index in [2.05, 4.69) is 15.3 Å². The molecule has 9 nitrogen and oxygen atoms in total. The van der Waals surface area contributed by atoms with E-state index >= 15 is 0 Å². The fraction of sp³-hybridized carbons (Fsp3) is 0.333. The van der Waals surface area contributed by atoms with Crippen molar-refractivity contribution < 1.29 is 18.7 Å². The maximum Gasteiger partial charge on any atom is 0.274 e. The van der Waals surface area contributed by atoms with Gasteiger partial charge < -0.3 is 15.0 Å². The number of piperazine rings is 1. The number of hydrogen-bond donors (Lipinski definition) is 1. The Kier molecular flexibility index (Phi) is 6.08. The van der Waals surface area contributed by atoms with Crippen LogP contribution in [-0.2, 0) is 4.79 Å². The van der Waals surface area contributed by atoms with E-state index in [1.165, 1.54) is 12.1 Å². The normalized spacial score (nSPS) is 17.0. The summed E-state index contributed by atoms with van der Waals surface area (Å²) in [6.07, 6.45) is 5.03. The summed E-state index contributed by atoms with van der Waals surface area (Å²) in [4.78, 5) is 37.5. The number of nitrogens with one attached hydrogen (secondary N) is 1. The van der Waals surface area contributed by atoms with Crippen molar-refractivity contribution in [2.75, 3.05) is 39.8 Å². The minimum atomic E-state index is -0.484. The number of aromatic nitrogens is 3. The Morgan fingerprint density at radius 3 is 2.97 bits per heavy atom. The minimum absolute atomic E-state index is 0.195. The first-order valence-electron chi connectivity index (χ1n) is 9.96. The highest BCUT2D eigenvalue weighted by Gasteiger charge is 2.33. The first kappa shape index (κ1) is 20.7. The van der Waals surface area contributed by atoms with Crippen LogP contribution in [-0.4, -0.2) is 81.9 Å². The van der Waals surface area contributed by atoms with Gasteiger partial charge in [0.2, 0.25) is 11.7 Å². The number of likely N-dealkylation sites (N-methyl/N-ethyl adjacent to an activating group) is 1. The van der Waals surface area contributed by atoms with Crippen molar-refractivity contribution in [2.45, 2.75) is 6.04 Å². The van der Waals surface area contributed by atoms with Crippen LogP contribution in [0.5, 0.6) is 5.75 Å². The number of benzene rings is 1. The number of imidazole rings is 1. The fourth-order valence-electron chi connectivity index (χ4n) is 3.45. The van der Waals surface area contributed by atoms with Crippen molar-refractivity contribution in [1.82, 2.24) is 29.5 Å². The van der Waals surface area contributed by atoms with Gasteiger partial charge >= 0.3 is 0 Å². The van der Waals surface area contributed by atoms with Crippen LogP contribution >= 0.6 is 0 Å². The Hall–Kier alpha value is -3.53. The highest BCUT2D eigenvalue weighted by molar-refractivity contribution is 5.93. The van der Waals surface area contributed by atoms with Crippen LogP contribution in [0.3, 0.4) is 0 Å². The number of carbonyl (C=O) groups excluding carboxylic acids is 2. The fourth-order valence-corrected chi connectivity index (χ4v) is 3.45. The number of ether oxygens (including phenoxy) is 1. The minimum Gasteiger partial charge on any atom is -0.492 e. The lowest BCUT2D eigenvalue weighted by atomic mass is 10.1. The SMILES string of the molecule is CN1CCN(C(=O)c2cn3cccnc3n2)CC1C(=O)NCCOc1cccc(F)c1. The average Bonchev–Trinajstić information content (AvgIpc) is 3.21. The molecule has 162 valence electrons. The van der Waals surface area contributed by atoms with Gasteiger partial charge in [0, 0.05) is 44.3 Å². The summed E-state index contributed by atoms with van der Waals surface area (Å²) in [5.74, 6) is 0.0529. The number of carbonyl (C=O) groups is 2. The van der Waals surface area contributed by atoms with Crippen LogP contribution < -0.4 is 10.1 Å². The summed E-state index contributed by atoms with van der Waals surface area (Å²) in [6, 6.07) is 7.11. The summed E-state index contributed by atoms with van der Waals surface area (Å²) in [7, 11) is 1.85. The van der Waals surface area contributed by atoms with Gasteiger partial charge in [0.25, 0.3) is 5.91 Å². The Labute approximate surface area is 178 Å².